The maximum Gasteiger partial charge on any atom is 0.251 e. The first-order valence-corrected chi connectivity index (χ1v) is 6.04. The summed E-state index contributed by atoms with van der Waals surface area (Å²) in [7, 11) is 0. The van der Waals surface area contributed by atoms with Crippen molar-refractivity contribution in [3.8, 4) is 0 Å². The van der Waals surface area contributed by atoms with Gasteiger partial charge in [0.1, 0.15) is 5.65 Å². The van der Waals surface area contributed by atoms with Crippen LogP contribution in [-0.2, 0) is 11.8 Å². The first-order chi connectivity index (χ1) is 7.91. The maximum atomic E-state index is 11.5. The lowest BCUT2D eigenvalue weighted by molar-refractivity contribution is 0.560. The smallest absolute Gasteiger partial charge is 0.251 e. The molecule has 0 aliphatic rings. The second-order valence-electron chi connectivity index (χ2n) is 5.45. The molecule has 0 radical (unpaired) electrons. The molecule has 0 saturated heterocycles. The second kappa shape index (κ2) is 4.02. The van der Waals surface area contributed by atoms with E-state index >= 15 is 0 Å². The third-order valence-corrected chi connectivity index (χ3v) is 2.80. The number of nitrogens with one attached hydrogen (secondary N) is 1. The number of aryl methyl sites for hydroxylation is 1. The molecule has 0 bridgehead atoms. The monoisotopic (exact) mass is 233 g/mol. The van der Waals surface area contributed by atoms with Crippen LogP contribution in [-0.4, -0.2) is 14.6 Å². The van der Waals surface area contributed by atoms with E-state index in [0.29, 0.717) is 0 Å². The van der Waals surface area contributed by atoms with Crippen molar-refractivity contribution in [3.05, 3.63) is 33.9 Å². The van der Waals surface area contributed by atoms with E-state index in [4.69, 9.17) is 0 Å². The van der Waals surface area contributed by atoms with Crippen LogP contribution in [0.3, 0.4) is 0 Å². The Hall–Kier alpha value is -1.58. The molecule has 2 heterocycles. The fourth-order valence-corrected chi connectivity index (χ4v) is 1.86. The summed E-state index contributed by atoms with van der Waals surface area (Å²) in [6, 6.07) is 3.59. The molecule has 92 valence electrons. The predicted octanol–water partition coefficient (Wildman–Crippen LogP) is 2.27. The zero-order valence-electron chi connectivity index (χ0n) is 10.9. The fourth-order valence-electron chi connectivity index (χ4n) is 1.86. The quantitative estimate of drug-likeness (QED) is 0.865. The zero-order chi connectivity index (χ0) is 12.6. The summed E-state index contributed by atoms with van der Waals surface area (Å²) < 4.78 is 1.85. The average Bonchev–Trinajstić information content (AvgIpc) is 2.61. The minimum atomic E-state index is -0.0543. The van der Waals surface area contributed by atoms with Gasteiger partial charge in [0, 0.05) is 23.2 Å². The summed E-state index contributed by atoms with van der Waals surface area (Å²) in [4.78, 5) is 14.4. The molecule has 4 heteroatoms. The number of rotatable bonds is 2. The van der Waals surface area contributed by atoms with E-state index in [1.807, 2.05) is 10.6 Å². The van der Waals surface area contributed by atoms with Crippen molar-refractivity contribution < 1.29 is 0 Å². The maximum absolute atomic E-state index is 11.5. The third-order valence-electron chi connectivity index (χ3n) is 2.80. The lowest BCUT2D eigenvalue weighted by Gasteiger charge is -2.13. The molecule has 0 fully saturated rings. The Labute approximate surface area is 101 Å². The molecule has 0 spiro atoms. The number of H-pyrrole nitrogens is 1. The Bertz CT molecular complexity index is 587. The van der Waals surface area contributed by atoms with Crippen molar-refractivity contribution in [3.63, 3.8) is 0 Å². The van der Waals surface area contributed by atoms with Gasteiger partial charge < -0.3 is 4.98 Å². The van der Waals surface area contributed by atoms with Gasteiger partial charge in [0.2, 0.25) is 0 Å². The Kier molecular flexibility index (Phi) is 2.81. The molecule has 0 saturated carbocycles. The van der Waals surface area contributed by atoms with Crippen LogP contribution in [0.25, 0.3) is 5.65 Å². The SMILES string of the molecule is CCCc1cc(=O)[nH]c2cc(C(C)(C)C)nn12. The van der Waals surface area contributed by atoms with Crippen LogP contribution < -0.4 is 5.56 Å². The summed E-state index contributed by atoms with van der Waals surface area (Å²) in [5.41, 5.74) is 2.69. The Balaban J connectivity index is 2.67. The molecule has 0 amide bonds. The highest BCUT2D eigenvalue weighted by atomic mass is 16.1. The van der Waals surface area contributed by atoms with Crippen LogP contribution in [0.4, 0.5) is 0 Å². The first-order valence-electron chi connectivity index (χ1n) is 6.04. The van der Waals surface area contributed by atoms with Crippen molar-refractivity contribution in [1.29, 1.82) is 0 Å². The molecule has 1 N–H and O–H groups in total. The number of nitrogens with zero attached hydrogens (tertiary/aromatic N) is 2. The van der Waals surface area contributed by atoms with Gasteiger partial charge >= 0.3 is 0 Å². The summed E-state index contributed by atoms with van der Waals surface area (Å²) in [5.74, 6) is 0. The van der Waals surface area contributed by atoms with E-state index in [0.717, 1.165) is 29.9 Å². The third kappa shape index (κ3) is 2.25. The molecule has 0 aromatic carbocycles. The number of hydrogen-bond donors (Lipinski definition) is 1. The molecule has 0 aliphatic carbocycles. The van der Waals surface area contributed by atoms with E-state index in [1.54, 1.807) is 6.07 Å². The van der Waals surface area contributed by atoms with Gasteiger partial charge in [-0.25, -0.2) is 4.52 Å². The molecule has 2 aromatic heterocycles. The summed E-state index contributed by atoms with van der Waals surface area (Å²) in [6.07, 6.45) is 1.87. The largest absolute Gasteiger partial charge is 0.307 e. The van der Waals surface area contributed by atoms with Crippen molar-refractivity contribution in [2.24, 2.45) is 0 Å². The van der Waals surface area contributed by atoms with Crippen LogP contribution in [0, 0.1) is 0 Å². The molecule has 0 aliphatic heterocycles. The minimum absolute atomic E-state index is 0.00755. The standard InChI is InChI=1S/C13H19N3O/c1-5-6-9-7-12(17)14-11-8-10(13(2,3)4)15-16(9)11/h7-8H,5-6H2,1-4H3,(H,14,17). The molecular formula is C13H19N3O. The first kappa shape index (κ1) is 11.9. The highest BCUT2D eigenvalue weighted by Crippen LogP contribution is 2.21. The topological polar surface area (TPSA) is 50.2 Å². The van der Waals surface area contributed by atoms with E-state index in [1.165, 1.54) is 0 Å². The lowest BCUT2D eigenvalue weighted by Crippen LogP contribution is -2.13. The Morgan fingerprint density at radius 2 is 2.06 bits per heavy atom. The number of aromatic nitrogens is 3. The van der Waals surface area contributed by atoms with Crippen molar-refractivity contribution in [2.45, 2.75) is 46.0 Å². The molecular weight excluding hydrogens is 214 g/mol. The van der Waals surface area contributed by atoms with Crippen molar-refractivity contribution in [2.75, 3.05) is 0 Å². The highest BCUT2D eigenvalue weighted by molar-refractivity contribution is 5.41. The van der Waals surface area contributed by atoms with E-state index in [-0.39, 0.29) is 11.0 Å². The minimum Gasteiger partial charge on any atom is -0.307 e. The summed E-state index contributed by atoms with van der Waals surface area (Å²) >= 11 is 0. The summed E-state index contributed by atoms with van der Waals surface area (Å²) in [6.45, 7) is 8.45. The molecule has 2 rings (SSSR count). The van der Waals surface area contributed by atoms with E-state index in [9.17, 15) is 4.79 Å². The fraction of sp³-hybridized carbons (Fsp3) is 0.538. The van der Waals surface area contributed by atoms with Crippen LogP contribution in [0.2, 0.25) is 0 Å². The van der Waals surface area contributed by atoms with Crippen LogP contribution >= 0.6 is 0 Å². The van der Waals surface area contributed by atoms with Gasteiger partial charge in [0.25, 0.3) is 5.56 Å². The lowest BCUT2D eigenvalue weighted by atomic mass is 9.93. The van der Waals surface area contributed by atoms with Gasteiger partial charge in [0.15, 0.2) is 0 Å². The molecule has 17 heavy (non-hydrogen) atoms. The predicted molar refractivity (Wildman–Crippen MR) is 68.5 cm³/mol. The van der Waals surface area contributed by atoms with Gasteiger partial charge in [-0.15, -0.1) is 0 Å². The molecule has 0 unspecified atom stereocenters. The highest BCUT2D eigenvalue weighted by Gasteiger charge is 2.18. The average molecular weight is 233 g/mol. The molecule has 0 atom stereocenters. The summed E-state index contributed by atoms with van der Waals surface area (Å²) in [5, 5.41) is 4.59. The van der Waals surface area contributed by atoms with Crippen molar-refractivity contribution >= 4 is 5.65 Å². The zero-order valence-corrected chi connectivity index (χ0v) is 10.9. The molecule has 4 nitrogen and oxygen atoms in total. The molecule has 2 aromatic rings. The Morgan fingerprint density at radius 3 is 2.65 bits per heavy atom. The van der Waals surface area contributed by atoms with E-state index in [2.05, 4.69) is 37.8 Å². The van der Waals surface area contributed by atoms with Crippen LogP contribution in [0.5, 0.6) is 0 Å². The normalized spacial score (nSPS) is 12.2. The Morgan fingerprint density at radius 1 is 1.35 bits per heavy atom. The van der Waals surface area contributed by atoms with Crippen LogP contribution in [0.1, 0.15) is 45.5 Å². The van der Waals surface area contributed by atoms with Gasteiger partial charge in [-0.3, -0.25) is 4.79 Å². The van der Waals surface area contributed by atoms with Gasteiger partial charge in [-0.05, 0) is 6.42 Å². The second-order valence-corrected chi connectivity index (χ2v) is 5.45. The number of aromatic amines is 1. The van der Waals surface area contributed by atoms with E-state index < -0.39 is 0 Å². The van der Waals surface area contributed by atoms with Gasteiger partial charge in [-0.1, -0.05) is 34.1 Å². The van der Waals surface area contributed by atoms with Gasteiger partial charge in [0.05, 0.1) is 5.69 Å². The van der Waals surface area contributed by atoms with Crippen molar-refractivity contribution in [1.82, 2.24) is 14.6 Å². The van der Waals surface area contributed by atoms with Crippen LogP contribution in [0.15, 0.2) is 16.9 Å². The number of hydrogen-bond acceptors (Lipinski definition) is 2. The van der Waals surface area contributed by atoms with Gasteiger partial charge in [-0.2, -0.15) is 5.10 Å². The number of fused-ring (bicyclic) bond motifs is 1.